The van der Waals surface area contributed by atoms with Gasteiger partial charge in [-0.25, -0.2) is 0 Å². The number of nitrogens with two attached hydrogens (primary N) is 1. The standard InChI is InChI=1S/C12H15N3S/c1-2-9-3-4-10(16-9)7-15-12-5-6-14-8-11(12)13/h3-6,8H,2,7,13H2,1H3,(H,14,15). The van der Waals surface area contributed by atoms with Crippen LogP contribution in [0.5, 0.6) is 0 Å². The number of hydrogen-bond donors (Lipinski definition) is 2. The zero-order valence-corrected chi connectivity index (χ0v) is 10.1. The molecule has 0 amide bonds. The van der Waals surface area contributed by atoms with E-state index in [0.29, 0.717) is 5.69 Å². The van der Waals surface area contributed by atoms with Gasteiger partial charge in [-0.15, -0.1) is 11.3 Å². The Morgan fingerprint density at radius 1 is 1.31 bits per heavy atom. The molecule has 84 valence electrons. The first kappa shape index (κ1) is 11.0. The average molecular weight is 233 g/mol. The van der Waals surface area contributed by atoms with Crippen molar-refractivity contribution >= 4 is 22.7 Å². The summed E-state index contributed by atoms with van der Waals surface area (Å²) < 4.78 is 0. The van der Waals surface area contributed by atoms with Crippen LogP contribution < -0.4 is 11.1 Å². The monoisotopic (exact) mass is 233 g/mol. The van der Waals surface area contributed by atoms with Gasteiger partial charge in [0.2, 0.25) is 0 Å². The van der Waals surface area contributed by atoms with Crippen LogP contribution in [0.15, 0.2) is 30.6 Å². The number of aryl methyl sites for hydroxylation is 1. The highest BCUT2D eigenvalue weighted by molar-refractivity contribution is 7.12. The molecule has 2 rings (SSSR count). The molecule has 16 heavy (non-hydrogen) atoms. The molecule has 3 nitrogen and oxygen atoms in total. The van der Waals surface area contributed by atoms with E-state index in [9.17, 15) is 0 Å². The van der Waals surface area contributed by atoms with Crippen molar-refractivity contribution in [3.63, 3.8) is 0 Å². The third-order valence-electron chi connectivity index (χ3n) is 2.37. The highest BCUT2D eigenvalue weighted by atomic mass is 32.1. The van der Waals surface area contributed by atoms with Crippen molar-refractivity contribution in [2.75, 3.05) is 11.1 Å². The Balaban J connectivity index is 1.99. The van der Waals surface area contributed by atoms with E-state index in [1.54, 1.807) is 12.4 Å². The molecule has 0 aliphatic rings. The van der Waals surface area contributed by atoms with E-state index in [-0.39, 0.29) is 0 Å². The second-order valence-corrected chi connectivity index (χ2v) is 4.79. The Kier molecular flexibility index (Phi) is 3.41. The predicted molar refractivity (Wildman–Crippen MR) is 69.7 cm³/mol. The quantitative estimate of drug-likeness (QED) is 0.853. The minimum atomic E-state index is 0.690. The fourth-order valence-electron chi connectivity index (χ4n) is 1.46. The molecule has 0 spiro atoms. The summed E-state index contributed by atoms with van der Waals surface area (Å²) in [7, 11) is 0. The van der Waals surface area contributed by atoms with Crippen molar-refractivity contribution in [1.82, 2.24) is 4.98 Å². The van der Waals surface area contributed by atoms with Gasteiger partial charge in [0.1, 0.15) is 0 Å². The van der Waals surface area contributed by atoms with Crippen molar-refractivity contribution in [3.8, 4) is 0 Å². The Bertz CT molecular complexity index is 465. The first-order valence-electron chi connectivity index (χ1n) is 5.30. The highest BCUT2D eigenvalue weighted by Gasteiger charge is 2.00. The molecule has 2 heterocycles. The zero-order valence-electron chi connectivity index (χ0n) is 9.23. The normalized spacial score (nSPS) is 10.3. The summed E-state index contributed by atoms with van der Waals surface area (Å²) in [6.07, 6.45) is 4.50. The van der Waals surface area contributed by atoms with Gasteiger partial charge in [0.05, 0.1) is 17.6 Å². The number of rotatable bonds is 4. The van der Waals surface area contributed by atoms with Crippen LogP contribution in [0, 0.1) is 0 Å². The second-order valence-electron chi connectivity index (χ2n) is 3.54. The van der Waals surface area contributed by atoms with E-state index in [2.05, 4.69) is 29.4 Å². The smallest absolute Gasteiger partial charge is 0.0736 e. The molecule has 0 radical (unpaired) electrons. The summed E-state index contributed by atoms with van der Waals surface area (Å²) >= 11 is 1.84. The Labute approximate surface area is 99.3 Å². The number of thiophene rings is 1. The zero-order chi connectivity index (χ0) is 11.4. The maximum atomic E-state index is 5.79. The molecule has 0 aliphatic carbocycles. The summed E-state index contributed by atoms with van der Waals surface area (Å²) in [5.74, 6) is 0. The van der Waals surface area contributed by atoms with Crippen molar-refractivity contribution in [2.45, 2.75) is 19.9 Å². The van der Waals surface area contributed by atoms with Gasteiger partial charge in [-0.05, 0) is 24.6 Å². The summed E-state index contributed by atoms with van der Waals surface area (Å²) in [5, 5.41) is 3.31. The van der Waals surface area contributed by atoms with Gasteiger partial charge < -0.3 is 11.1 Å². The van der Waals surface area contributed by atoms with E-state index in [1.807, 2.05) is 17.4 Å². The van der Waals surface area contributed by atoms with Gasteiger partial charge in [0.25, 0.3) is 0 Å². The van der Waals surface area contributed by atoms with E-state index in [0.717, 1.165) is 18.7 Å². The summed E-state index contributed by atoms with van der Waals surface area (Å²) in [6.45, 7) is 2.99. The van der Waals surface area contributed by atoms with Gasteiger partial charge in [0, 0.05) is 22.5 Å². The molecular weight excluding hydrogens is 218 g/mol. The number of nitrogens with zero attached hydrogens (tertiary/aromatic N) is 1. The highest BCUT2D eigenvalue weighted by Crippen LogP contribution is 2.20. The summed E-state index contributed by atoms with van der Waals surface area (Å²) in [5.41, 5.74) is 7.43. The SMILES string of the molecule is CCc1ccc(CNc2ccncc2N)s1. The van der Waals surface area contributed by atoms with E-state index in [1.165, 1.54) is 9.75 Å². The molecule has 4 heteroatoms. The van der Waals surface area contributed by atoms with Crippen LogP contribution in [-0.2, 0) is 13.0 Å². The molecule has 0 saturated carbocycles. The van der Waals surface area contributed by atoms with Gasteiger partial charge in [0.15, 0.2) is 0 Å². The molecule has 0 fully saturated rings. The van der Waals surface area contributed by atoms with Crippen molar-refractivity contribution in [2.24, 2.45) is 0 Å². The van der Waals surface area contributed by atoms with E-state index >= 15 is 0 Å². The van der Waals surface area contributed by atoms with Gasteiger partial charge in [-0.1, -0.05) is 6.92 Å². The van der Waals surface area contributed by atoms with Crippen molar-refractivity contribution < 1.29 is 0 Å². The van der Waals surface area contributed by atoms with Crippen LogP contribution in [0.25, 0.3) is 0 Å². The fraction of sp³-hybridized carbons (Fsp3) is 0.250. The van der Waals surface area contributed by atoms with Crippen LogP contribution >= 0.6 is 11.3 Å². The molecule has 2 aromatic rings. The number of nitrogens with one attached hydrogen (secondary N) is 1. The fourth-order valence-corrected chi connectivity index (χ4v) is 2.35. The minimum absolute atomic E-state index is 0.690. The van der Waals surface area contributed by atoms with Crippen molar-refractivity contribution in [3.05, 3.63) is 40.3 Å². The third kappa shape index (κ3) is 2.52. The van der Waals surface area contributed by atoms with Gasteiger partial charge >= 0.3 is 0 Å². The third-order valence-corrected chi connectivity index (χ3v) is 3.60. The number of anilines is 2. The molecule has 0 bridgehead atoms. The minimum Gasteiger partial charge on any atom is -0.396 e. The lowest BCUT2D eigenvalue weighted by molar-refractivity contribution is 1.18. The Morgan fingerprint density at radius 2 is 2.12 bits per heavy atom. The van der Waals surface area contributed by atoms with Crippen LogP contribution in [0.4, 0.5) is 11.4 Å². The molecule has 0 atom stereocenters. The first-order valence-corrected chi connectivity index (χ1v) is 6.12. The molecule has 0 unspecified atom stereocenters. The van der Waals surface area contributed by atoms with E-state index in [4.69, 9.17) is 5.73 Å². The van der Waals surface area contributed by atoms with E-state index < -0.39 is 0 Å². The number of pyridine rings is 1. The van der Waals surface area contributed by atoms with Crippen LogP contribution in [0.3, 0.4) is 0 Å². The second kappa shape index (κ2) is 4.99. The van der Waals surface area contributed by atoms with Crippen LogP contribution in [0.2, 0.25) is 0 Å². The van der Waals surface area contributed by atoms with Crippen molar-refractivity contribution in [1.29, 1.82) is 0 Å². The number of hydrogen-bond acceptors (Lipinski definition) is 4. The largest absolute Gasteiger partial charge is 0.396 e. The summed E-state index contributed by atoms with van der Waals surface area (Å²) in [4.78, 5) is 6.70. The molecule has 0 aliphatic heterocycles. The Morgan fingerprint density at radius 3 is 2.81 bits per heavy atom. The first-order chi connectivity index (χ1) is 7.79. The maximum Gasteiger partial charge on any atom is 0.0736 e. The van der Waals surface area contributed by atoms with Crippen LogP contribution in [0.1, 0.15) is 16.7 Å². The lowest BCUT2D eigenvalue weighted by Crippen LogP contribution is -2.01. The Hall–Kier alpha value is -1.55. The number of nitrogen functional groups attached to an aromatic ring is 1. The molecule has 0 saturated heterocycles. The summed E-state index contributed by atoms with van der Waals surface area (Å²) in [6, 6.07) is 6.23. The average Bonchev–Trinajstić information content (AvgIpc) is 2.76. The van der Waals surface area contributed by atoms with Gasteiger partial charge in [-0.2, -0.15) is 0 Å². The molecule has 3 N–H and O–H groups in total. The maximum absolute atomic E-state index is 5.79. The van der Waals surface area contributed by atoms with Gasteiger partial charge in [-0.3, -0.25) is 4.98 Å². The topological polar surface area (TPSA) is 50.9 Å². The molecule has 0 aromatic carbocycles. The lowest BCUT2D eigenvalue weighted by atomic mass is 10.3. The van der Waals surface area contributed by atoms with Crippen LogP contribution in [-0.4, -0.2) is 4.98 Å². The number of aromatic nitrogens is 1. The molecule has 2 aromatic heterocycles. The lowest BCUT2D eigenvalue weighted by Gasteiger charge is -2.06. The predicted octanol–water partition coefficient (Wildman–Crippen LogP) is 2.90. The molecular formula is C12H15N3S.